The molecular formula is C18H17N3O2S2. The summed E-state index contributed by atoms with van der Waals surface area (Å²) in [5.41, 5.74) is 1.05. The Kier molecular flexibility index (Phi) is 4.42. The van der Waals surface area contributed by atoms with Gasteiger partial charge in [-0.3, -0.25) is 9.36 Å². The number of nitrogens with zero attached hydrogens (tertiary/aromatic N) is 3. The molecule has 0 fully saturated rings. The molecule has 1 aliphatic heterocycles. The predicted molar refractivity (Wildman–Crippen MR) is 102 cm³/mol. The number of rotatable bonds is 4. The van der Waals surface area contributed by atoms with Crippen molar-refractivity contribution in [3.8, 4) is 5.75 Å². The first-order chi connectivity index (χ1) is 12.2. The van der Waals surface area contributed by atoms with Crippen molar-refractivity contribution in [2.75, 3.05) is 18.2 Å². The van der Waals surface area contributed by atoms with E-state index in [-0.39, 0.29) is 5.56 Å². The number of hydrogen-bond donors (Lipinski definition) is 0. The van der Waals surface area contributed by atoms with Crippen molar-refractivity contribution < 1.29 is 4.74 Å². The molecule has 1 aromatic carbocycles. The SMILES string of the molecule is CCOc1ccc(N2CN=c3sc(=Cc4cccs4)c(=O)n3C2)cc1. The van der Waals surface area contributed by atoms with Crippen molar-refractivity contribution in [1.82, 2.24) is 4.57 Å². The molecule has 0 unspecified atom stereocenters. The molecule has 0 amide bonds. The van der Waals surface area contributed by atoms with Gasteiger partial charge in [0.05, 0.1) is 11.1 Å². The molecule has 128 valence electrons. The van der Waals surface area contributed by atoms with Gasteiger partial charge in [-0.05, 0) is 48.7 Å². The quantitative estimate of drug-likeness (QED) is 0.707. The van der Waals surface area contributed by atoms with Gasteiger partial charge in [-0.2, -0.15) is 0 Å². The molecule has 25 heavy (non-hydrogen) atoms. The van der Waals surface area contributed by atoms with E-state index in [1.54, 1.807) is 15.9 Å². The molecule has 0 atom stereocenters. The van der Waals surface area contributed by atoms with Gasteiger partial charge in [0.15, 0.2) is 4.80 Å². The lowest BCUT2D eigenvalue weighted by molar-refractivity contribution is 0.340. The van der Waals surface area contributed by atoms with Crippen LogP contribution in [-0.2, 0) is 6.67 Å². The van der Waals surface area contributed by atoms with Crippen molar-refractivity contribution in [2.45, 2.75) is 13.6 Å². The van der Waals surface area contributed by atoms with E-state index in [1.165, 1.54) is 11.3 Å². The molecule has 0 N–H and O–H groups in total. The zero-order chi connectivity index (χ0) is 17.2. The molecule has 0 radical (unpaired) electrons. The van der Waals surface area contributed by atoms with Crippen LogP contribution in [0.4, 0.5) is 5.69 Å². The lowest BCUT2D eigenvalue weighted by Gasteiger charge is -2.25. The first kappa shape index (κ1) is 16.1. The Hall–Kier alpha value is -2.38. The molecule has 0 bridgehead atoms. The van der Waals surface area contributed by atoms with E-state index in [0.717, 1.165) is 25.6 Å². The highest BCUT2D eigenvalue weighted by Crippen LogP contribution is 2.20. The number of thiazole rings is 1. The summed E-state index contributed by atoms with van der Waals surface area (Å²) in [5.74, 6) is 0.849. The van der Waals surface area contributed by atoms with E-state index < -0.39 is 0 Å². The lowest BCUT2D eigenvalue weighted by Crippen LogP contribution is -2.42. The molecular weight excluding hydrogens is 354 g/mol. The minimum atomic E-state index is 0.0211. The van der Waals surface area contributed by atoms with Gasteiger partial charge < -0.3 is 9.64 Å². The van der Waals surface area contributed by atoms with Crippen LogP contribution in [0, 0.1) is 0 Å². The zero-order valence-corrected chi connectivity index (χ0v) is 15.3. The van der Waals surface area contributed by atoms with E-state index >= 15 is 0 Å². The lowest BCUT2D eigenvalue weighted by atomic mass is 10.3. The molecule has 5 nitrogen and oxygen atoms in total. The van der Waals surface area contributed by atoms with Crippen molar-refractivity contribution in [1.29, 1.82) is 0 Å². The molecule has 0 aliphatic carbocycles. The van der Waals surface area contributed by atoms with E-state index in [9.17, 15) is 4.79 Å². The zero-order valence-electron chi connectivity index (χ0n) is 13.7. The molecule has 3 aromatic rings. The summed E-state index contributed by atoms with van der Waals surface area (Å²) in [6, 6.07) is 11.9. The maximum atomic E-state index is 12.7. The minimum absolute atomic E-state index is 0.0211. The smallest absolute Gasteiger partial charge is 0.271 e. The van der Waals surface area contributed by atoms with E-state index in [4.69, 9.17) is 4.74 Å². The topological polar surface area (TPSA) is 46.8 Å². The Bertz CT molecular complexity index is 1030. The third-order valence-electron chi connectivity index (χ3n) is 3.91. The first-order valence-corrected chi connectivity index (χ1v) is 9.71. The summed E-state index contributed by atoms with van der Waals surface area (Å²) in [5, 5.41) is 2.01. The third-order valence-corrected chi connectivity index (χ3v) is 5.77. The van der Waals surface area contributed by atoms with Crippen LogP contribution in [-0.4, -0.2) is 17.8 Å². The summed E-state index contributed by atoms with van der Waals surface area (Å²) >= 11 is 3.08. The van der Waals surface area contributed by atoms with E-state index in [2.05, 4.69) is 9.89 Å². The fourth-order valence-electron chi connectivity index (χ4n) is 2.70. The summed E-state index contributed by atoms with van der Waals surface area (Å²) in [6.45, 7) is 3.68. The van der Waals surface area contributed by atoms with Gasteiger partial charge >= 0.3 is 0 Å². The molecule has 2 aromatic heterocycles. The average molecular weight is 371 g/mol. The third kappa shape index (κ3) is 3.25. The van der Waals surface area contributed by atoms with Gasteiger partial charge in [-0.15, -0.1) is 11.3 Å². The standard InChI is InChI=1S/C18H17N3O2S2/c1-2-23-14-7-5-13(6-8-14)20-11-19-18-21(12-20)17(22)16(25-18)10-15-4-3-9-24-15/h3-10H,2,11-12H2,1H3. The summed E-state index contributed by atoms with van der Waals surface area (Å²) in [6.07, 6.45) is 1.94. The van der Waals surface area contributed by atoms with Gasteiger partial charge in [0.25, 0.3) is 5.56 Å². The van der Waals surface area contributed by atoms with Crippen molar-refractivity contribution in [2.24, 2.45) is 4.99 Å². The molecule has 0 saturated heterocycles. The monoisotopic (exact) mass is 371 g/mol. The van der Waals surface area contributed by atoms with Gasteiger partial charge in [0, 0.05) is 10.6 Å². The number of aromatic nitrogens is 1. The normalized spacial score (nSPS) is 14.3. The number of fused-ring (bicyclic) bond motifs is 1. The molecule has 1 aliphatic rings. The van der Waals surface area contributed by atoms with Crippen LogP contribution < -0.4 is 24.5 Å². The summed E-state index contributed by atoms with van der Waals surface area (Å²) in [4.78, 5) is 21.2. The van der Waals surface area contributed by atoms with Gasteiger partial charge in [0.1, 0.15) is 19.1 Å². The van der Waals surface area contributed by atoms with Crippen LogP contribution in [0.2, 0.25) is 0 Å². The fraction of sp³-hybridized carbons (Fsp3) is 0.222. The highest BCUT2D eigenvalue weighted by molar-refractivity contribution is 7.11. The van der Waals surface area contributed by atoms with E-state index in [1.807, 2.05) is 54.8 Å². The first-order valence-electron chi connectivity index (χ1n) is 8.02. The Labute approximate surface area is 152 Å². The van der Waals surface area contributed by atoms with Crippen LogP contribution in [0.15, 0.2) is 51.6 Å². The fourth-order valence-corrected chi connectivity index (χ4v) is 4.38. The number of hydrogen-bond acceptors (Lipinski definition) is 6. The predicted octanol–water partition coefficient (Wildman–Crippen LogP) is 2.25. The molecule has 0 spiro atoms. The van der Waals surface area contributed by atoms with Gasteiger partial charge in [-0.1, -0.05) is 17.4 Å². The molecule has 0 saturated carbocycles. The number of thiophene rings is 1. The summed E-state index contributed by atoms with van der Waals surface area (Å²) < 4.78 is 7.95. The highest BCUT2D eigenvalue weighted by Gasteiger charge is 2.16. The highest BCUT2D eigenvalue weighted by atomic mass is 32.1. The number of benzene rings is 1. The largest absolute Gasteiger partial charge is 0.494 e. The van der Waals surface area contributed by atoms with E-state index in [0.29, 0.717) is 19.9 Å². The maximum absolute atomic E-state index is 12.7. The van der Waals surface area contributed by atoms with Gasteiger partial charge in [0.2, 0.25) is 0 Å². The Balaban J connectivity index is 1.63. The van der Waals surface area contributed by atoms with Crippen LogP contribution in [0.1, 0.15) is 11.8 Å². The van der Waals surface area contributed by atoms with Crippen LogP contribution in [0.25, 0.3) is 6.08 Å². The van der Waals surface area contributed by atoms with Crippen LogP contribution >= 0.6 is 22.7 Å². The second kappa shape index (κ2) is 6.85. The second-order valence-electron chi connectivity index (χ2n) is 5.55. The number of anilines is 1. The van der Waals surface area contributed by atoms with Crippen molar-refractivity contribution >= 4 is 34.4 Å². The summed E-state index contributed by atoms with van der Waals surface area (Å²) in [7, 11) is 0. The van der Waals surface area contributed by atoms with Crippen molar-refractivity contribution in [3.05, 3.63) is 66.3 Å². The molecule has 4 rings (SSSR count). The average Bonchev–Trinajstić information content (AvgIpc) is 3.25. The second-order valence-corrected chi connectivity index (χ2v) is 7.54. The van der Waals surface area contributed by atoms with Crippen molar-refractivity contribution in [3.63, 3.8) is 0 Å². The van der Waals surface area contributed by atoms with Gasteiger partial charge in [-0.25, -0.2) is 4.99 Å². The minimum Gasteiger partial charge on any atom is -0.494 e. The Morgan fingerprint density at radius 3 is 2.84 bits per heavy atom. The Morgan fingerprint density at radius 2 is 2.12 bits per heavy atom. The number of ether oxygens (including phenoxy) is 1. The van der Waals surface area contributed by atoms with Crippen LogP contribution in [0.5, 0.6) is 5.75 Å². The molecule has 7 heteroatoms. The maximum Gasteiger partial charge on any atom is 0.271 e. The Morgan fingerprint density at radius 1 is 1.28 bits per heavy atom. The van der Waals surface area contributed by atoms with Crippen LogP contribution in [0.3, 0.4) is 0 Å². The molecule has 3 heterocycles.